The minimum Gasteiger partial charge on any atom is -0.349 e. The Morgan fingerprint density at radius 1 is 1.04 bits per heavy atom. The van der Waals surface area contributed by atoms with E-state index in [1.807, 2.05) is 12.1 Å². The van der Waals surface area contributed by atoms with E-state index in [1.54, 1.807) is 29.2 Å². The Labute approximate surface area is 164 Å². The molecule has 140 valence electrons. The largest absolute Gasteiger partial charge is 0.349 e. The number of benzene rings is 2. The second kappa shape index (κ2) is 7.73. The Hall–Kier alpha value is -2.33. The molecule has 2 aromatic rings. The second-order valence-corrected chi connectivity index (χ2v) is 7.83. The summed E-state index contributed by atoms with van der Waals surface area (Å²) in [6.07, 6.45) is 3.63. The fraction of sp³-hybridized carbons (Fsp3) is 0.364. The summed E-state index contributed by atoms with van der Waals surface area (Å²) in [5.74, 6) is -0.122. The molecule has 1 aliphatic carbocycles. The van der Waals surface area contributed by atoms with E-state index in [1.165, 1.54) is 11.1 Å². The van der Waals surface area contributed by atoms with E-state index < -0.39 is 0 Å². The van der Waals surface area contributed by atoms with Crippen LogP contribution >= 0.6 is 11.6 Å². The number of hydrogen-bond donors (Lipinski definition) is 1. The van der Waals surface area contributed by atoms with Gasteiger partial charge in [0.1, 0.15) is 0 Å². The van der Waals surface area contributed by atoms with Gasteiger partial charge >= 0.3 is 0 Å². The maximum absolute atomic E-state index is 12.8. The standard InChI is InChI=1S/C22H23ClN2O2/c23-18-10-7-16(8-11-18)22(27)25-13-3-5-17(14-25)21(26)24-20-12-9-15-4-1-2-6-19(15)20/h1-2,4,6-8,10-11,17,20H,3,5,9,12-14H2,(H,24,26). The molecule has 1 saturated heterocycles. The van der Waals surface area contributed by atoms with Crippen LogP contribution in [0, 0.1) is 5.92 Å². The van der Waals surface area contributed by atoms with Crippen LogP contribution in [0.2, 0.25) is 5.02 Å². The Balaban J connectivity index is 1.40. The molecule has 1 N–H and O–H groups in total. The van der Waals surface area contributed by atoms with Gasteiger partial charge in [-0.2, -0.15) is 0 Å². The first kappa shape index (κ1) is 18.1. The molecule has 2 aliphatic rings. The highest BCUT2D eigenvalue weighted by Crippen LogP contribution is 2.31. The van der Waals surface area contributed by atoms with Gasteiger partial charge in [-0.1, -0.05) is 35.9 Å². The molecule has 0 aromatic heterocycles. The summed E-state index contributed by atoms with van der Waals surface area (Å²) in [7, 11) is 0. The van der Waals surface area contributed by atoms with Crippen molar-refractivity contribution in [1.29, 1.82) is 0 Å². The van der Waals surface area contributed by atoms with Crippen LogP contribution in [0.15, 0.2) is 48.5 Å². The van der Waals surface area contributed by atoms with Crippen LogP contribution < -0.4 is 5.32 Å². The Morgan fingerprint density at radius 2 is 1.81 bits per heavy atom. The zero-order valence-corrected chi connectivity index (χ0v) is 15.9. The van der Waals surface area contributed by atoms with Crippen molar-refractivity contribution in [2.24, 2.45) is 5.92 Å². The maximum atomic E-state index is 12.8. The topological polar surface area (TPSA) is 49.4 Å². The molecule has 2 amide bonds. The molecular formula is C22H23ClN2O2. The summed E-state index contributed by atoms with van der Waals surface area (Å²) in [6, 6.07) is 15.3. The van der Waals surface area contributed by atoms with Gasteiger partial charge < -0.3 is 10.2 Å². The summed E-state index contributed by atoms with van der Waals surface area (Å²) >= 11 is 5.91. The van der Waals surface area contributed by atoms with Gasteiger partial charge in [0.05, 0.1) is 12.0 Å². The maximum Gasteiger partial charge on any atom is 0.253 e. The van der Waals surface area contributed by atoms with Crippen LogP contribution in [0.5, 0.6) is 0 Å². The first-order chi connectivity index (χ1) is 13.1. The van der Waals surface area contributed by atoms with E-state index in [9.17, 15) is 9.59 Å². The smallest absolute Gasteiger partial charge is 0.253 e. The van der Waals surface area contributed by atoms with E-state index in [2.05, 4.69) is 17.4 Å². The third-order valence-electron chi connectivity index (χ3n) is 5.62. The fourth-order valence-electron chi connectivity index (χ4n) is 4.15. The lowest BCUT2D eigenvalue weighted by Gasteiger charge is -2.32. The van der Waals surface area contributed by atoms with E-state index in [4.69, 9.17) is 11.6 Å². The van der Waals surface area contributed by atoms with Crippen LogP contribution in [0.1, 0.15) is 46.8 Å². The summed E-state index contributed by atoms with van der Waals surface area (Å²) in [6.45, 7) is 1.17. The molecule has 0 saturated carbocycles. The summed E-state index contributed by atoms with van der Waals surface area (Å²) < 4.78 is 0. The number of hydrogen-bond acceptors (Lipinski definition) is 2. The predicted octanol–water partition coefficient (Wildman–Crippen LogP) is 4.00. The van der Waals surface area contributed by atoms with E-state index in [0.717, 1.165) is 25.7 Å². The van der Waals surface area contributed by atoms with Gasteiger partial charge in [-0.05, 0) is 61.1 Å². The van der Waals surface area contributed by atoms with Gasteiger partial charge in [0.2, 0.25) is 5.91 Å². The van der Waals surface area contributed by atoms with Crippen LogP contribution in [0.3, 0.4) is 0 Å². The van der Waals surface area contributed by atoms with Crippen molar-refractivity contribution < 1.29 is 9.59 Å². The number of nitrogens with zero attached hydrogens (tertiary/aromatic N) is 1. The molecule has 2 atom stereocenters. The molecule has 1 heterocycles. The molecule has 1 fully saturated rings. The van der Waals surface area contributed by atoms with Crippen LogP contribution in [-0.4, -0.2) is 29.8 Å². The number of carbonyl (C=O) groups is 2. The second-order valence-electron chi connectivity index (χ2n) is 7.40. The Bertz CT molecular complexity index is 850. The molecule has 2 unspecified atom stereocenters. The van der Waals surface area contributed by atoms with Crippen LogP contribution in [0.4, 0.5) is 0 Å². The third-order valence-corrected chi connectivity index (χ3v) is 5.87. The molecule has 5 heteroatoms. The monoisotopic (exact) mass is 382 g/mol. The molecule has 4 nitrogen and oxygen atoms in total. The van der Waals surface area contributed by atoms with Crippen LogP contribution in [-0.2, 0) is 11.2 Å². The van der Waals surface area contributed by atoms with E-state index in [-0.39, 0.29) is 23.8 Å². The molecule has 0 bridgehead atoms. The minimum absolute atomic E-state index is 0.0321. The number of likely N-dealkylation sites (tertiary alicyclic amines) is 1. The highest BCUT2D eigenvalue weighted by molar-refractivity contribution is 6.30. The number of nitrogens with one attached hydrogen (secondary N) is 1. The van der Waals surface area contributed by atoms with E-state index >= 15 is 0 Å². The SMILES string of the molecule is O=C(NC1CCc2ccccc21)C1CCCN(C(=O)c2ccc(Cl)cc2)C1. The summed E-state index contributed by atoms with van der Waals surface area (Å²) in [4.78, 5) is 27.4. The first-order valence-electron chi connectivity index (χ1n) is 9.55. The molecule has 27 heavy (non-hydrogen) atoms. The number of amides is 2. The molecule has 2 aromatic carbocycles. The van der Waals surface area contributed by atoms with Crippen molar-refractivity contribution in [2.45, 2.75) is 31.7 Å². The third kappa shape index (κ3) is 3.86. The normalized spacial score (nSPS) is 21.6. The Kier molecular flexibility index (Phi) is 5.17. The lowest BCUT2D eigenvalue weighted by atomic mass is 9.95. The molecular weight excluding hydrogens is 360 g/mol. The van der Waals surface area contributed by atoms with E-state index in [0.29, 0.717) is 23.7 Å². The molecule has 1 aliphatic heterocycles. The number of rotatable bonds is 3. The van der Waals surface area contributed by atoms with Crippen molar-refractivity contribution in [3.8, 4) is 0 Å². The molecule has 4 rings (SSSR count). The summed E-state index contributed by atoms with van der Waals surface area (Å²) in [5, 5.41) is 3.83. The van der Waals surface area contributed by atoms with Gasteiger partial charge in [-0.25, -0.2) is 0 Å². The highest BCUT2D eigenvalue weighted by atomic mass is 35.5. The number of fused-ring (bicyclic) bond motifs is 1. The average Bonchev–Trinajstić information content (AvgIpc) is 3.11. The van der Waals surface area contributed by atoms with Crippen molar-refractivity contribution >= 4 is 23.4 Å². The zero-order chi connectivity index (χ0) is 18.8. The lowest BCUT2D eigenvalue weighted by molar-refractivity contribution is -0.127. The zero-order valence-electron chi connectivity index (χ0n) is 15.2. The number of carbonyl (C=O) groups excluding carboxylic acids is 2. The number of piperidine rings is 1. The van der Waals surface area contributed by atoms with Crippen LogP contribution in [0.25, 0.3) is 0 Å². The average molecular weight is 383 g/mol. The van der Waals surface area contributed by atoms with Crippen molar-refractivity contribution in [3.05, 3.63) is 70.2 Å². The molecule has 0 radical (unpaired) electrons. The van der Waals surface area contributed by atoms with Gasteiger partial charge in [0.15, 0.2) is 0 Å². The predicted molar refractivity (Wildman–Crippen MR) is 106 cm³/mol. The van der Waals surface area contributed by atoms with Gasteiger partial charge in [0.25, 0.3) is 5.91 Å². The first-order valence-corrected chi connectivity index (χ1v) is 9.92. The highest BCUT2D eigenvalue weighted by Gasteiger charge is 2.31. The Morgan fingerprint density at radius 3 is 2.63 bits per heavy atom. The number of aryl methyl sites for hydroxylation is 1. The quantitative estimate of drug-likeness (QED) is 0.872. The lowest BCUT2D eigenvalue weighted by Crippen LogP contribution is -2.46. The minimum atomic E-state index is -0.150. The van der Waals surface area contributed by atoms with Gasteiger partial charge in [0, 0.05) is 23.7 Å². The number of halogens is 1. The van der Waals surface area contributed by atoms with Crippen molar-refractivity contribution in [2.75, 3.05) is 13.1 Å². The van der Waals surface area contributed by atoms with Gasteiger partial charge in [-0.3, -0.25) is 9.59 Å². The fourth-order valence-corrected chi connectivity index (χ4v) is 4.27. The summed E-state index contributed by atoms with van der Waals surface area (Å²) in [5.41, 5.74) is 3.17. The molecule has 0 spiro atoms. The van der Waals surface area contributed by atoms with Crippen molar-refractivity contribution in [1.82, 2.24) is 10.2 Å². The van der Waals surface area contributed by atoms with Crippen molar-refractivity contribution in [3.63, 3.8) is 0 Å². The van der Waals surface area contributed by atoms with Gasteiger partial charge in [-0.15, -0.1) is 0 Å².